The minimum Gasteiger partial charge on any atom is -0.102 e. The largest absolute Gasteiger partial charge is 0.102 e. The van der Waals surface area contributed by atoms with Crippen LogP contribution in [0.15, 0.2) is 24.3 Å². The van der Waals surface area contributed by atoms with Crippen molar-refractivity contribution in [3.05, 3.63) is 42.3 Å². The molecule has 1 aromatic rings. The van der Waals surface area contributed by atoms with Gasteiger partial charge in [0.25, 0.3) is 0 Å². The Morgan fingerprint density at radius 2 is 1.79 bits per heavy atom. The Morgan fingerprint density at radius 1 is 1.14 bits per heavy atom. The van der Waals surface area contributed by atoms with Crippen LogP contribution in [0.4, 0.5) is 0 Å². The molecule has 0 aliphatic rings. The minimum absolute atomic E-state index is 0.817. The maximum absolute atomic E-state index is 3.50. The molecule has 0 atom stereocenters. The van der Waals surface area contributed by atoms with E-state index in [9.17, 15) is 0 Å². The summed E-state index contributed by atoms with van der Waals surface area (Å²) in [4.78, 5) is 0. The van der Waals surface area contributed by atoms with E-state index in [2.05, 4.69) is 50.0 Å². The molecule has 0 heteroatoms. The number of benzene rings is 1. The van der Waals surface area contributed by atoms with Gasteiger partial charge >= 0.3 is 0 Å². The lowest BCUT2D eigenvalue weighted by atomic mass is 10.1. The highest BCUT2D eigenvalue weighted by molar-refractivity contribution is 5.26. The van der Waals surface area contributed by atoms with Crippen molar-refractivity contribution in [1.29, 1.82) is 0 Å². The van der Waals surface area contributed by atoms with Gasteiger partial charge in [-0.2, -0.15) is 0 Å². The van der Waals surface area contributed by atoms with E-state index in [-0.39, 0.29) is 0 Å². The molecule has 0 N–H and O–H groups in total. The predicted octanol–water partition coefficient (Wildman–Crippen LogP) is 3.41. The first-order valence-electron chi connectivity index (χ1n) is 5.19. The van der Waals surface area contributed by atoms with Crippen molar-refractivity contribution in [2.75, 3.05) is 0 Å². The highest BCUT2D eigenvalue weighted by atomic mass is 14.0. The van der Waals surface area contributed by atoms with Crippen LogP contribution in [0.25, 0.3) is 0 Å². The second kappa shape index (κ2) is 6.27. The summed E-state index contributed by atoms with van der Waals surface area (Å²) < 4.78 is 0. The number of hydrogen-bond donors (Lipinski definition) is 0. The van der Waals surface area contributed by atoms with Crippen molar-refractivity contribution in [3.63, 3.8) is 0 Å². The lowest BCUT2D eigenvalue weighted by molar-refractivity contribution is 0.795. The van der Waals surface area contributed by atoms with Gasteiger partial charge in [0, 0.05) is 13.3 Å². The average Bonchev–Trinajstić information content (AvgIpc) is 2.25. The van der Waals surface area contributed by atoms with E-state index in [0.29, 0.717) is 0 Å². The molecule has 0 aliphatic heterocycles. The van der Waals surface area contributed by atoms with E-state index >= 15 is 0 Å². The summed E-state index contributed by atoms with van der Waals surface area (Å²) in [6, 6.07) is 8.73. The Bertz CT molecular complexity index is 308. The van der Waals surface area contributed by atoms with Gasteiger partial charge in [-0.3, -0.25) is 0 Å². The maximum Gasteiger partial charge on any atom is 0.0340 e. The van der Waals surface area contributed by atoms with Crippen LogP contribution in [-0.4, -0.2) is 0 Å². The Hall–Kier alpha value is -1.22. The third-order valence-electron chi connectivity index (χ3n) is 2.26. The standard InChI is InChI=1S/C14H17/c1-3-5-7-13-9-11-14(12-10-13)8-6-4-2/h9-12H,1,4,6-8H2,2H3. The number of aryl methyl sites for hydroxylation is 1. The summed E-state index contributed by atoms with van der Waals surface area (Å²) in [5.74, 6) is 5.63. The van der Waals surface area contributed by atoms with Crippen LogP contribution in [-0.2, 0) is 12.8 Å². The summed E-state index contributed by atoms with van der Waals surface area (Å²) in [7, 11) is 0. The van der Waals surface area contributed by atoms with Crippen molar-refractivity contribution in [3.8, 4) is 11.8 Å². The van der Waals surface area contributed by atoms with Crippen molar-refractivity contribution in [2.24, 2.45) is 0 Å². The summed E-state index contributed by atoms with van der Waals surface area (Å²) in [6.45, 7) is 5.72. The molecule has 1 rings (SSSR count). The molecule has 1 aromatic carbocycles. The number of rotatable bonds is 4. The van der Waals surface area contributed by atoms with Gasteiger partial charge in [-0.25, -0.2) is 0 Å². The summed E-state index contributed by atoms with van der Waals surface area (Å²) >= 11 is 0. The summed E-state index contributed by atoms with van der Waals surface area (Å²) in [6.07, 6.45) is 4.54. The lowest BCUT2D eigenvalue weighted by Gasteiger charge is -2.00. The van der Waals surface area contributed by atoms with Crippen LogP contribution in [0.5, 0.6) is 0 Å². The van der Waals surface area contributed by atoms with Gasteiger partial charge in [-0.05, 0) is 24.0 Å². The minimum atomic E-state index is 0.817. The second-order valence-electron chi connectivity index (χ2n) is 3.45. The van der Waals surface area contributed by atoms with Crippen LogP contribution in [0.3, 0.4) is 0 Å². The lowest BCUT2D eigenvalue weighted by Crippen LogP contribution is -1.86. The Balaban J connectivity index is 2.53. The van der Waals surface area contributed by atoms with Gasteiger partial charge in [0.1, 0.15) is 0 Å². The molecular formula is C14H17. The van der Waals surface area contributed by atoms with Gasteiger partial charge in [-0.1, -0.05) is 43.5 Å². The van der Waals surface area contributed by atoms with Gasteiger partial charge < -0.3 is 0 Å². The highest BCUT2D eigenvalue weighted by Crippen LogP contribution is 2.08. The fourth-order valence-corrected chi connectivity index (χ4v) is 1.37. The van der Waals surface area contributed by atoms with Gasteiger partial charge in [-0.15, -0.1) is 5.92 Å². The van der Waals surface area contributed by atoms with Crippen molar-refractivity contribution in [1.82, 2.24) is 0 Å². The molecule has 0 bridgehead atoms. The first kappa shape index (κ1) is 10.9. The van der Waals surface area contributed by atoms with Crippen molar-refractivity contribution < 1.29 is 0 Å². The van der Waals surface area contributed by atoms with E-state index in [1.807, 2.05) is 0 Å². The van der Waals surface area contributed by atoms with E-state index < -0.39 is 0 Å². The SMILES string of the molecule is [CH2]C#CCc1ccc(CCCC)cc1. The smallest absolute Gasteiger partial charge is 0.0340 e. The first-order chi connectivity index (χ1) is 6.86. The molecule has 73 valence electrons. The maximum atomic E-state index is 3.50. The third kappa shape index (κ3) is 3.66. The van der Waals surface area contributed by atoms with Crippen LogP contribution in [0, 0.1) is 18.8 Å². The molecule has 0 aromatic heterocycles. The van der Waals surface area contributed by atoms with Crippen LogP contribution in [0.1, 0.15) is 30.9 Å². The van der Waals surface area contributed by atoms with Gasteiger partial charge in [0.15, 0.2) is 0 Å². The van der Waals surface area contributed by atoms with Crippen LogP contribution < -0.4 is 0 Å². The monoisotopic (exact) mass is 185 g/mol. The highest BCUT2D eigenvalue weighted by Gasteiger charge is 1.93. The Labute approximate surface area is 87.4 Å². The molecule has 0 saturated heterocycles. The topological polar surface area (TPSA) is 0 Å². The van der Waals surface area contributed by atoms with Gasteiger partial charge in [0.2, 0.25) is 0 Å². The Kier molecular flexibility index (Phi) is 4.86. The first-order valence-corrected chi connectivity index (χ1v) is 5.19. The van der Waals surface area contributed by atoms with Crippen LogP contribution in [0.2, 0.25) is 0 Å². The zero-order valence-electron chi connectivity index (χ0n) is 8.84. The molecule has 0 aliphatic carbocycles. The quantitative estimate of drug-likeness (QED) is 0.631. The van der Waals surface area contributed by atoms with E-state index in [4.69, 9.17) is 0 Å². The van der Waals surface area contributed by atoms with E-state index in [0.717, 1.165) is 6.42 Å². The molecule has 14 heavy (non-hydrogen) atoms. The molecule has 0 fully saturated rings. The molecular weight excluding hydrogens is 168 g/mol. The molecule has 0 unspecified atom stereocenters. The molecule has 0 saturated carbocycles. The molecule has 0 spiro atoms. The fraction of sp³-hybridized carbons (Fsp3) is 0.357. The average molecular weight is 185 g/mol. The zero-order valence-corrected chi connectivity index (χ0v) is 8.84. The van der Waals surface area contributed by atoms with Crippen molar-refractivity contribution >= 4 is 0 Å². The van der Waals surface area contributed by atoms with E-state index in [1.54, 1.807) is 0 Å². The fourth-order valence-electron chi connectivity index (χ4n) is 1.37. The zero-order chi connectivity index (χ0) is 10.2. The molecule has 0 amide bonds. The third-order valence-corrected chi connectivity index (χ3v) is 2.26. The van der Waals surface area contributed by atoms with Crippen molar-refractivity contribution in [2.45, 2.75) is 32.6 Å². The van der Waals surface area contributed by atoms with Crippen LogP contribution >= 0.6 is 0 Å². The molecule has 1 radical (unpaired) electrons. The second-order valence-corrected chi connectivity index (χ2v) is 3.45. The predicted molar refractivity (Wildman–Crippen MR) is 61.9 cm³/mol. The number of hydrogen-bond acceptors (Lipinski definition) is 0. The molecule has 0 heterocycles. The number of unbranched alkanes of at least 4 members (excludes halogenated alkanes) is 1. The normalized spacial score (nSPS) is 9.29. The van der Waals surface area contributed by atoms with Gasteiger partial charge in [0.05, 0.1) is 0 Å². The molecule has 0 nitrogen and oxygen atoms in total. The van der Waals surface area contributed by atoms with E-state index in [1.165, 1.54) is 30.4 Å². The summed E-state index contributed by atoms with van der Waals surface area (Å²) in [5.41, 5.74) is 2.71. The summed E-state index contributed by atoms with van der Waals surface area (Å²) in [5, 5.41) is 0. The Morgan fingerprint density at radius 3 is 2.36 bits per heavy atom.